The predicted molar refractivity (Wildman–Crippen MR) is 88.9 cm³/mol. The van der Waals surface area contributed by atoms with Gasteiger partial charge in [0, 0.05) is 23.5 Å². The molecule has 3 rings (SSSR count). The Kier molecular flexibility index (Phi) is 4.38. The van der Waals surface area contributed by atoms with Crippen molar-refractivity contribution >= 4 is 11.6 Å². The van der Waals surface area contributed by atoms with Gasteiger partial charge in [-0.25, -0.2) is 13.5 Å². The summed E-state index contributed by atoms with van der Waals surface area (Å²) in [5.41, 5.74) is 0.157. The predicted octanol–water partition coefficient (Wildman–Crippen LogP) is 3.07. The van der Waals surface area contributed by atoms with Crippen LogP contribution in [0.4, 0.5) is 14.5 Å². The van der Waals surface area contributed by atoms with Crippen molar-refractivity contribution < 1.29 is 13.6 Å². The largest absolute Gasteiger partial charge is 0.320 e. The Labute approximate surface area is 141 Å². The number of nitrogens with zero attached hydrogens (tertiary/aromatic N) is 2. The van der Waals surface area contributed by atoms with E-state index in [1.54, 1.807) is 31.2 Å². The number of hydrogen-bond acceptors (Lipinski definition) is 3. The minimum absolute atomic E-state index is 0.101. The van der Waals surface area contributed by atoms with Crippen LogP contribution in [0.15, 0.2) is 59.4 Å². The maximum absolute atomic E-state index is 13.2. The van der Waals surface area contributed by atoms with E-state index in [0.717, 1.165) is 12.1 Å². The van der Waals surface area contributed by atoms with Gasteiger partial charge in [0.25, 0.3) is 5.91 Å². The summed E-state index contributed by atoms with van der Waals surface area (Å²) in [5, 5.41) is 6.37. The van der Waals surface area contributed by atoms with Crippen LogP contribution in [-0.4, -0.2) is 15.7 Å². The van der Waals surface area contributed by atoms with Gasteiger partial charge in [-0.1, -0.05) is 18.2 Å². The maximum Gasteiger partial charge on any atom is 0.280 e. The Morgan fingerprint density at radius 1 is 1.04 bits per heavy atom. The summed E-state index contributed by atoms with van der Waals surface area (Å²) in [5.74, 6) is -2.53. The van der Waals surface area contributed by atoms with E-state index < -0.39 is 23.0 Å². The molecule has 0 saturated carbocycles. The number of halogens is 2. The molecule has 1 aromatic heterocycles. The van der Waals surface area contributed by atoms with Crippen LogP contribution >= 0.6 is 0 Å². The molecule has 0 atom stereocenters. The van der Waals surface area contributed by atoms with Crippen LogP contribution in [0.2, 0.25) is 0 Å². The first-order chi connectivity index (χ1) is 11.9. The van der Waals surface area contributed by atoms with E-state index in [4.69, 9.17) is 0 Å². The lowest BCUT2D eigenvalue weighted by molar-refractivity contribution is 0.101. The van der Waals surface area contributed by atoms with Crippen molar-refractivity contribution in [3.05, 3.63) is 87.8 Å². The SMILES string of the molecule is Cc1cc(=O)c(C(=O)Nc2cc(F)cc(F)c2)nn1-c1ccccc1. The molecule has 0 radical (unpaired) electrons. The molecule has 1 N–H and O–H groups in total. The molecular formula is C18H13F2N3O2. The third-order valence-electron chi connectivity index (χ3n) is 3.44. The van der Waals surface area contributed by atoms with Gasteiger partial charge in [0.15, 0.2) is 5.69 Å². The summed E-state index contributed by atoms with van der Waals surface area (Å²) in [6, 6.07) is 12.8. The smallest absolute Gasteiger partial charge is 0.280 e. The number of anilines is 1. The highest BCUT2D eigenvalue weighted by atomic mass is 19.1. The van der Waals surface area contributed by atoms with E-state index in [1.165, 1.54) is 10.7 Å². The Morgan fingerprint density at radius 3 is 2.32 bits per heavy atom. The Balaban J connectivity index is 1.99. The van der Waals surface area contributed by atoms with Crippen LogP contribution in [0, 0.1) is 18.6 Å². The summed E-state index contributed by atoms with van der Waals surface area (Å²) >= 11 is 0. The average molecular weight is 341 g/mol. The van der Waals surface area contributed by atoms with Gasteiger partial charge < -0.3 is 5.32 Å². The van der Waals surface area contributed by atoms with Crippen molar-refractivity contribution in [2.45, 2.75) is 6.92 Å². The van der Waals surface area contributed by atoms with Gasteiger partial charge >= 0.3 is 0 Å². The van der Waals surface area contributed by atoms with Crippen LogP contribution in [0.1, 0.15) is 16.2 Å². The molecular weight excluding hydrogens is 328 g/mol. The molecule has 0 spiro atoms. The van der Waals surface area contributed by atoms with Gasteiger partial charge in [-0.15, -0.1) is 0 Å². The Bertz CT molecular complexity index is 981. The zero-order valence-electron chi connectivity index (χ0n) is 13.2. The van der Waals surface area contributed by atoms with Gasteiger partial charge in [-0.2, -0.15) is 5.10 Å². The minimum atomic E-state index is -0.848. The lowest BCUT2D eigenvalue weighted by Gasteiger charge is -2.11. The number of benzene rings is 2. The lowest BCUT2D eigenvalue weighted by Crippen LogP contribution is -2.27. The second-order valence-corrected chi connectivity index (χ2v) is 5.36. The van der Waals surface area contributed by atoms with E-state index in [0.29, 0.717) is 17.4 Å². The van der Waals surface area contributed by atoms with Crippen molar-refractivity contribution in [2.24, 2.45) is 0 Å². The number of carbonyl (C=O) groups excluding carboxylic acids is 1. The number of para-hydroxylation sites is 1. The van der Waals surface area contributed by atoms with Crippen molar-refractivity contribution in [1.29, 1.82) is 0 Å². The molecule has 5 nitrogen and oxygen atoms in total. The highest BCUT2D eigenvalue weighted by Gasteiger charge is 2.16. The molecule has 0 aliphatic rings. The van der Waals surface area contributed by atoms with Gasteiger partial charge in [0.2, 0.25) is 5.43 Å². The van der Waals surface area contributed by atoms with Crippen molar-refractivity contribution in [2.75, 3.05) is 5.32 Å². The summed E-state index contributed by atoms with van der Waals surface area (Å²) in [6.07, 6.45) is 0. The molecule has 0 saturated heterocycles. The fourth-order valence-corrected chi connectivity index (χ4v) is 2.35. The average Bonchev–Trinajstić information content (AvgIpc) is 2.54. The normalized spacial score (nSPS) is 10.5. The second kappa shape index (κ2) is 6.64. The molecule has 1 amide bonds. The first-order valence-corrected chi connectivity index (χ1v) is 7.38. The number of amides is 1. The molecule has 0 bridgehead atoms. The fraction of sp³-hybridized carbons (Fsp3) is 0.0556. The summed E-state index contributed by atoms with van der Waals surface area (Å²) < 4.78 is 27.9. The minimum Gasteiger partial charge on any atom is -0.320 e. The van der Waals surface area contributed by atoms with Crippen molar-refractivity contribution in [1.82, 2.24) is 9.78 Å². The number of aromatic nitrogens is 2. The molecule has 0 unspecified atom stereocenters. The Morgan fingerprint density at radius 2 is 1.68 bits per heavy atom. The van der Waals surface area contributed by atoms with Crippen LogP contribution in [0.5, 0.6) is 0 Å². The lowest BCUT2D eigenvalue weighted by atomic mass is 10.2. The first-order valence-electron chi connectivity index (χ1n) is 7.38. The number of nitrogens with one attached hydrogen (secondary N) is 1. The first kappa shape index (κ1) is 16.5. The number of carbonyl (C=O) groups is 1. The standard InChI is InChI=1S/C18H13F2N3O2/c1-11-7-16(24)17(22-23(11)15-5-3-2-4-6-15)18(25)21-14-9-12(19)8-13(20)10-14/h2-10H,1H3,(H,21,25). The van der Waals surface area contributed by atoms with Crippen LogP contribution < -0.4 is 10.7 Å². The van der Waals surface area contributed by atoms with Crippen molar-refractivity contribution in [3.63, 3.8) is 0 Å². The van der Waals surface area contributed by atoms with Crippen LogP contribution in [0.25, 0.3) is 5.69 Å². The zero-order valence-corrected chi connectivity index (χ0v) is 13.2. The Hall–Kier alpha value is -3.35. The second-order valence-electron chi connectivity index (χ2n) is 5.36. The van der Waals surface area contributed by atoms with Crippen LogP contribution in [0.3, 0.4) is 0 Å². The van der Waals surface area contributed by atoms with Crippen LogP contribution in [-0.2, 0) is 0 Å². The zero-order chi connectivity index (χ0) is 18.0. The molecule has 2 aromatic carbocycles. The maximum atomic E-state index is 13.2. The molecule has 0 fully saturated rings. The van der Waals surface area contributed by atoms with E-state index >= 15 is 0 Å². The quantitative estimate of drug-likeness (QED) is 0.796. The van der Waals surface area contributed by atoms with Gasteiger partial charge in [0.05, 0.1) is 5.69 Å². The highest BCUT2D eigenvalue weighted by molar-refractivity contribution is 6.02. The van der Waals surface area contributed by atoms with E-state index in [2.05, 4.69) is 10.4 Å². The van der Waals surface area contributed by atoms with Gasteiger partial charge in [-0.3, -0.25) is 9.59 Å². The van der Waals surface area contributed by atoms with Gasteiger partial charge in [0.1, 0.15) is 11.6 Å². The topological polar surface area (TPSA) is 64.0 Å². The van der Waals surface area contributed by atoms with Crippen molar-refractivity contribution in [3.8, 4) is 5.69 Å². The summed E-state index contributed by atoms with van der Waals surface area (Å²) in [4.78, 5) is 24.4. The highest BCUT2D eigenvalue weighted by Crippen LogP contribution is 2.14. The number of rotatable bonds is 3. The van der Waals surface area contributed by atoms with E-state index in [-0.39, 0.29) is 11.4 Å². The molecule has 1 heterocycles. The summed E-state index contributed by atoms with van der Waals surface area (Å²) in [7, 11) is 0. The third-order valence-corrected chi connectivity index (χ3v) is 3.44. The summed E-state index contributed by atoms with van der Waals surface area (Å²) in [6.45, 7) is 1.69. The van der Waals surface area contributed by atoms with E-state index in [9.17, 15) is 18.4 Å². The molecule has 0 aliphatic heterocycles. The van der Waals surface area contributed by atoms with Gasteiger partial charge in [-0.05, 0) is 31.2 Å². The molecule has 7 heteroatoms. The molecule has 3 aromatic rings. The fourth-order valence-electron chi connectivity index (χ4n) is 2.35. The number of hydrogen-bond donors (Lipinski definition) is 1. The monoisotopic (exact) mass is 341 g/mol. The van der Waals surface area contributed by atoms with E-state index in [1.807, 2.05) is 6.07 Å². The molecule has 25 heavy (non-hydrogen) atoms. The number of aryl methyl sites for hydroxylation is 1. The molecule has 126 valence electrons. The third kappa shape index (κ3) is 3.60. The molecule has 0 aliphatic carbocycles.